The summed E-state index contributed by atoms with van der Waals surface area (Å²) < 4.78 is 5.22. The lowest BCUT2D eigenvalue weighted by atomic mass is 9.91. The summed E-state index contributed by atoms with van der Waals surface area (Å²) in [5, 5.41) is 12.9. The molecule has 0 aromatic carbocycles. The first-order valence-corrected chi connectivity index (χ1v) is 7.86. The molecule has 0 amide bonds. The van der Waals surface area contributed by atoms with Crippen molar-refractivity contribution < 1.29 is 4.74 Å². The Labute approximate surface area is 125 Å². The van der Waals surface area contributed by atoms with Gasteiger partial charge in [-0.2, -0.15) is 5.26 Å². The highest BCUT2D eigenvalue weighted by Crippen LogP contribution is 2.18. The lowest BCUT2D eigenvalue weighted by Crippen LogP contribution is -2.47. The molecule has 0 saturated carbocycles. The van der Waals surface area contributed by atoms with Gasteiger partial charge in [0.2, 0.25) is 0 Å². The molecule has 0 bridgehead atoms. The van der Waals surface area contributed by atoms with E-state index >= 15 is 0 Å². The van der Waals surface area contributed by atoms with Crippen molar-refractivity contribution in [1.29, 1.82) is 5.26 Å². The van der Waals surface area contributed by atoms with Gasteiger partial charge in [0.1, 0.15) is 5.54 Å². The van der Waals surface area contributed by atoms with E-state index in [4.69, 9.17) is 4.74 Å². The maximum absolute atomic E-state index is 9.50. The summed E-state index contributed by atoms with van der Waals surface area (Å²) in [6.07, 6.45) is 2.78. The van der Waals surface area contributed by atoms with E-state index < -0.39 is 0 Å². The molecule has 4 nitrogen and oxygen atoms in total. The van der Waals surface area contributed by atoms with E-state index in [-0.39, 0.29) is 5.54 Å². The second-order valence-corrected chi connectivity index (χ2v) is 5.88. The van der Waals surface area contributed by atoms with Crippen LogP contribution >= 0.6 is 0 Å². The van der Waals surface area contributed by atoms with Crippen molar-refractivity contribution in [3.05, 3.63) is 0 Å². The van der Waals surface area contributed by atoms with Crippen LogP contribution in [0.5, 0.6) is 0 Å². The highest BCUT2D eigenvalue weighted by molar-refractivity contribution is 5.06. The zero-order valence-electron chi connectivity index (χ0n) is 14.2. The molecule has 0 aromatic rings. The van der Waals surface area contributed by atoms with Crippen LogP contribution in [0.15, 0.2) is 0 Å². The third kappa shape index (κ3) is 6.69. The third-order valence-corrected chi connectivity index (χ3v) is 3.87. The zero-order valence-corrected chi connectivity index (χ0v) is 14.2. The fourth-order valence-electron chi connectivity index (χ4n) is 2.69. The molecule has 0 aromatic heterocycles. The van der Waals surface area contributed by atoms with Crippen LogP contribution in [0.2, 0.25) is 0 Å². The Bertz CT molecular complexity index is 288. The number of ether oxygens (including phenoxy) is 1. The van der Waals surface area contributed by atoms with Gasteiger partial charge in [0, 0.05) is 19.2 Å². The van der Waals surface area contributed by atoms with Crippen LogP contribution < -0.4 is 5.32 Å². The predicted octanol–water partition coefficient (Wildman–Crippen LogP) is 2.79. The van der Waals surface area contributed by atoms with E-state index in [2.05, 4.69) is 50.9 Å². The highest BCUT2D eigenvalue weighted by Gasteiger charge is 2.28. The maximum Gasteiger partial charge on any atom is 0.106 e. The monoisotopic (exact) mass is 283 g/mol. The summed E-state index contributed by atoms with van der Waals surface area (Å²) >= 11 is 0. The minimum atomic E-state index is -0.377. The van der Waals surface area contributed by atoms with Gasteiger partial charge in [0.05, 0.1) is 12.7 Å². The lowest BCUT2D eigenvalue weighted by molar-refractivity contribution is 0.0999. The van der Waals surface area contributed by atoms with Gasteiger partial charge in [-0.15, -0.1) is 0 Å². The molecule has 0 aliphatic heterocycles. The molecule has 0 saturated heterocycles. The van der Waals surface area contributed by atoms with E-state index in [9.17, 15) is 5.26 Å². The van der Waals surface area contributed by atoms with E-state index in [0.717, 1.165) is 39.0 Å². The van der Waals surface area contributed by atoms with E-state index in [1.807, 2.05) is 0 Å². The van der Waals surface area contributed by atoms with Crippen LogP contribution in [-0.2, 0) is 4.74 Å². The summed E-state index contributed by atoms with van der Waals surface area (Å²) in [6.45, 7) is 13.4. The minimum absolute atomic E-state index is 0.337. The number of hydrogen-bond donors (Lipinski definition) is 1. The largest absolute Gasteiger partial charge is 0.383 e. The Kier molecular flexibility index (Phi) is 9.83. The van der Waals surface area contributed by atoms with Gasteiger partial charge >= 0.3 is 0 Å². The van der Waals surface area contributed by atoms with Crippen molar-refractivity contribution in [1.82, 2.24) is 10.2 Å². The molecule has 0 radical (unpaired) electrons. The van der Waals surface area contributed by atoms with E-state index in [1.54, 1.807) is 7.11 Å². The number of methoxy groups -OCH3 is 1. The van der Waals surface area contributed by atoms with E-state index in [0.29, 0.717) is 12.1 Å². The van der Waals surface area contributed by atoms with Crippen LogP contribution in [0, 0.1) is 11.3 Å². The topological polar surface area (TPSA) is 48.3 Å². The summed E-state index contributed by atoms with van der Waals surface area (Å²) in [5.74, 6) is 0. The highest BCUT2D eigenvalue weighted by atomic mass is 16.5. The fourth-order valence-corrected chi connectivity index (χ4v) is 2.69. The number of nitriles is 1. The maximum atomic E-state index is 9.50. The Balaban J connectivity index is 4.38. The number of nitrogens with one attached hydrogen (secondary N) is 1. The average molecular weight is 283 g/mol. The van der Waals surface area contributed by atoms with Crippen LogP contribution in [0.25, 0.3) is 0 Å². The standard InChI is InChI=1S/C16H33N3O/c1-7-16(13-17,18-14(3)4)10-9-11-19(8-2)15(5)12-20-6/h14-15,18H,7-12H2,1-6H3. The summed E-state index contributed by atoms with van der Waals surface area (Å²) in [5.41, 5.74) is -0.377. The third-order valence-electron chi connectivity index (χ3n) is 3.87. The first kappa shape index (κ1) is 19.4. The minimum Gasteiger partial charge on any atom is -0.383 e. The van der Waals surface area contributed by atoms with Gasteiger partial charge in [0.25, 0.3) is 0 Å². The van der Waals surface area contributed by atoms with Gasteiger partial charge < -0.3 is 4.74 Å². The second-order valence-electron chi connectivity index (χ2n) is 5.88. The molecule has 0 aliphatic rings. The zero-order chi connectivity index (χ0) is 15.6. The molecule has 0 rings (SSSR count). The molecule has 118 valence electrons. The van der Waals surface area contributed by atoms with Gasteiger partial charge in [-0.3, -0.25) is 10.2 Å². The van der Waals surface area contributed by atoms with Gasteiger partial charge in [-0.1, -0.05) is 13.8 Å². The normalized spacial score (nSPS) is 16.1. The quantitative estimate of drug-likeness (QED) is 0.633. The molecular weight excluding hydrogens is 250 g/mol. The van der Waals surface area contributed by atoms with Crippen LogP contribution in [0.1, 0.15) is 53.9 Å². The van der Waals surface area contributed by atoms with Crippen molar-refractivity contribution >= 4 is 0 Å². The number of rotatable bonds is 11. The van der Waals surface area contributed by atoms with Gasteiger partial charge in [0.15, 0.2) is 0 Å². The summed E-state index contributed by atoms with van der Waals surface area (Å²) in [6, 6.07) is 3.26. The number of likely N-dealkylation sites (N-methyl/N-ethyl adjacent to an activating group) is 1. The Morgan fingerprint density at radius 2 is 1.95 bits per heavy atom. The number of nitrogens with zero attached hydrogens (tertiary/aromatic N) is 2. The fraction of sp³-hybridized carbons (Fsp3) is 0.938. The van der Waals surface area contributed by atoms with Crippen molar-refractivity contribution in [2.75, 3.05) is 26.8 Å². The molecule has 0 fully saturated rings. The number of hydrogen-bond acceptors (Lipinski definition) is 4. The summed E-state index contributed by atoms with van der Waals surface area (Å²) in [4.78, 5) is 2.41. The molecule has 1 N–H and O–H groups in total. The van der Waals surface area contributed by atoms with Crippen LogP contribution in [-0.4, -0.2) is 49.3 Å². The van der Waals surface area contributed by atoms with Gasteiger partial charge in [-0.05, 0) is 53.1 Å². The smallest absolute Gasteiger partial charge is 0.106 e. The van der Waals surface area contributed by atoms with Crippen molar-refractivity contribution in [2.24, 2.45) is 0 Å². The molecule has 20 heavy (non-hydrogen) atoms. The molecule has 0 heterocycles. The molecule has 0 aliphatic carbocycles. The van der Waals surface area contributed by atoms with Crippen molar-refractivity contribution in [2.45, 2.75) is 71.5 Å². The Morgan fingerprint density at radius 1 is 1.30 bits per heavy atom. The van der Waals surface area contributed by atoms with E-state index in [1.165, 1.54) is 0 Å². The molecular formula is C16H33N3O. The average Bonchev–Trinajstić information content (AvgIpc) is 2.42. The first-order chi connectivity index (χ1) is 9.44. The lowest BCUT2D eigenvalue weighted by Gasteiger charge is -2.31. The van der Waals surface area contributed by atoms with Gasteiger partial charge in [-0.25, -0.2) is 0 Å². The molecule has 0 spiro atoms. The predicted molar refractivity (Wildman–Crippen MR) is 84.7 cm³/mol. The van der Waals surface area contributed by atoms with Crippen molar-refractivity contribution in [3.63, 3.8) is 0 Å². The van der Waals surface area contributed by atoms with Crippen LogP contribution in [0.3, 0.4) is 0 Å². The van der Waals surface area contributed by atoms with Crippen molar-refractivity contribution in [3.8, 4) is 6.07 Å². The molecule has 2 unspecified atom stereocenters. The Hall–Kier alpha value is -0.630. The summed E-state index contributed by atoms with van der Waals surface area (Å²) in [7, 11) is 1.74. The van der Waals surface area contributed by atoms with Crippen LogP contribution in [0.4, 0.5) is 0 Å². The molecule has 4 heteroatoms. The SMILES string of the molecule is CCN(CCCC(C#N)(CC)NC(C)C)C(C)COC. The second kappa shape index (κ2) is 10.1. The first-order valence-electron chi connectivity index (χ1n) is 7.86. The molecule has 2 atom stereocenters. The Morgan fingerprint density at radius 3 is 2.35 bits per heavy atom.